The number of amides is 1. The molecule has 0 fully saturated rings. The van der Waals surface area contributed by atoms with E-state index < -0.39 is 11.9 Å². The number of hydrogen-bond donors (Lipinski definition) is 1. The third-order valence-electron chi connectivity index (χ3n) is 5.15. The van der Waals surface area contributed by atoms with Crippen molar-refractivity contribution in [1.82, 2.24) is 9.55 Å². The lowest BCUT2D eigenvalue weighted by Gasteiger charge is -2.09. The molecule has 4 rings (SSSR count). The topological polar surface area (TPSA) is 90.3 Å². The normalized spacial score (nSPS) is 11.0. The molecule has 4 aromatic rings. The maximum Gasteiger partial charge on any atom is 0.341 e. The fraction of sp³-hybridized carbons (Fsp3) is 0.217. The smallest absolute Gasteiger partial charge is 0.341 e. The van der Waals surface area contributed by atoms with Crippen LogP contribution in [-0.2, 0) is 16.1 Å². The zero-order valence-corrected chi connectivity index (χ0v) is 20.5. The second-order valence-electron chi connectivity index (χ2n) is 7.27. The molecule has 0 bridgehead atoms. The number of ether oxygens (including phenoxy) is 1. The van der Waals surface area contributed by atoms with Crippen LogP contribution in [0.1, 0.15) is 27.7 Å². The van der Waals surface area contributed by atoms with Crippen LogP contribution in [0.3, 0.4) is 0 Å². The summed E-state index contributed by atoms with van der Waals surface area (Å²) in [7, 11) is 0. The Morgan fingerprint density at radius 1 is 1.21 bits per heavy atom. The number of nitrogens with one attached hydrogen (secondary N) is 1. The fourth-order valence-corrected chi connectivity index (χ4v) is 5.50. The van der Waals surface area contributed by atoms with E-state index in [4.69, 9.17) is 16.3 Å². The van der Waals surface area contributed by atoms with E-state index >= 15 is 0 Å². The minimum absolute atomic E-state index is 0.234. The van der Waals surface area contributed by atoms with Gasteiger partial charge in [-0.3, -0.25) is 14.2 Å². The molecule has 0 aliphatic heterocycles. The minimum atomic E-state index is -0.485. The van der Waals surface area contributed by atoms with Gasteiger partial charge in [-0.25, -0.2) is 9.78 Å². The predicted octanol–water partition coefficient (Wildman–Crippen LogP) is 5.27. The Morgan fingerprint density at radius 2 is 1.94 bits per heavy atom. The van der Waals surface area contributed by atoms with Crippen LogP contribution in [0.2, 0.25) is 5.02 Å². The molecule has 3 aromatic heterocycles. The Kier molecular flexibility index (Phi) is 6.64. The first-order valence-corrected chi connectivity index (χ1v) is 12.2. The summed E-state index contributed by atoms with van der Waals surface area (Å²) in [5, 5.41) is 6.10. The van der Waals surface area contributed by atoms with E-state index in [0.29, 0.717) is 25.8 Å². The van der Waals surface area contributed by atoms with Crippen molar-refractivity contribution in [2.45, 2.75) is 27.3 Å². The van der Waals surface area contributed by atoms with Crippen molar-refractivity contribution in [3.05, 3.63) is 67.4 Å². The van der Waals surface area contributed by atoms with Crippen molar-refractivity contribution >= 4 is 61.4 Å². The van der Waals surface area contributed by atoms with Crippen molar-refractivity contribution in [1.29, 1.82) is 0 Å². The van der Waals surface area contributed by atoms with Crippen LogP contribution in [0, 0.1) is 13.8 Å². The SMILES string of the molecule is CCOC(=O)c1c(NC(=O)Cn2cnc3scc(-c4ccc(Cl)cc4)c3c2=O)sc(C)c1C. The predicted molar refractivity (Wildman–Crippen MR) is 133 cm³/mol. The summed E-state index contributed by atoms with van der Waals surface area (Å²) >= 11 is 8.64. The molecule has 3 heterocycles. The summed E-state index contributed by atoms with van der Waals surface area (Å²) < 4.78 is 6.39. The first kappa shape index (κ1) is 23.2. The highest BCUT2D eigenvalue weighted by atomic mass is 35.5. The zero-order valence-electron chi connectivity index (χ0n) is 18.1. The van der Waals surface area contributed by atoms with Crippen molar-refractivity contribution in [3.8, 4) is 11.1 Å². The molecule has 0 saturated carbocycles. The number of aryl methyl sites for hydroxylation is 1. The van der Waals surface area contributed by atoms with Crippen LogP contribution in [-0.4, -0.2) is 28.0 Å². The summed E-state index contributed by atoms with van der Waals surface area (Å²) in [5.41, 5.74) is 2.38. The van der Waals surface area contributed by atoms with Gasteiger partial charge >= 0.3 is 5.97 Å². The van der Waals surface area contributed by atoms with Gasteiger partial charge in [-0.05, 0) is 44.0 Å². The minimum Gasteiger partial charge on any atom is -0.462 e. The van der Waals surface area contributed by atoms with Crippen LogP contribution >= 0.6 is 34.3 Å². The van der Waals surface area contributed by atoms with Gasteiger partial charge in [0.15, 0.2) is 0 Å². The molecule has 10 heteroatoms. The number of aromatic nitrogens is 2. The molecular weight excluding hydrogens is 482 g/mol. The molecule has 0 aliphatic carbocycles. The van der Waals surface area contributed by atoms with E-state index in [1.807, 2.05) is 31.4 Å². The highest BCUT2D eigenvalue weighted by Crippen LogP contribution is 2.33. The van der Waals surface area contributed by atoms with Crippen molar-refractivity contribution in [2.75, 3.05) is 11.9 Å². The van der Waals surface area contributed by atoms with Gasteiger partial charge in [-0.1, -0.05) is 23.7 Å². The lowest BCUT2D eigenvalue weighted by atomic mass is 10.1. The Hall–Kier alpha value is -3.01. The summed E-state index contributed by atoms with van der Waals surface area (Å²) in [4.78, 5) is 44.2. The number of thiophene rings is 2. The summed E-state index contributed by atoms with van der Waals surface area (Å²) in [6, 6.07) is 7.20. The van der Waals surface area contributed by atoms with Crippen LogP contribution in [0.5, 0.6) is 0 Å². The third kappa shape index (κ3) is 4.57. The van der Waals surface area contributed by atoms with E-state index in [1.165, 1.54) is 33.6 Å². The number of carbonyl (C=O) groups is 2. The lowest BCUT2D eigenvalue weighted by Crippen LogP contribution is -2.28. The summed E-state index contributed by atoms with van der Waals surface area (Å²) in [6.45, 7) is 5.40. The first-order valence-electron chi connectivity index (χ1n) is 10.1. The zero-order chi connectivity index (χ0) is 23.7. The van der Waals surface area contributed by atoms with E-state index in [1.54, 1.807) is 19.1 Å². The number of nitrogens with zero attached hydrogens (tertiary/aromatic N) is 2. The number of anilines is 1. The van der Waals surface area contributed by atoms with Gasteiger partial charge in [0.1, 0.15) is 16.4 Å². The standard InChI is InChI=1S/C23H20ClN3O4S2/c1-4-31-23(30)18-12(2)13(3)33-21(18)26-17(28)9-27-11-25-20-19(22(27)29)16(10-32-20)14-5-7-15(24)8-6-14/h5-8,10-11H,4,9H2,1-3H3,(H,26,28). The third-order valence-corrected chi connectivity index (χ3v) is 7.41. The number of benzene rings is 1. The Morgan fingerprint density at radius 3 is 2.64 bits per heavy atom. The van der Waals surface area contributed by atoms with Crippen LogP contribution in [0.15, 0.2) is 40.8 Å². The summed E-state index contributed by atoms with van der Waals surface area (Å²) in [5.74, 6) is -0.922. The number of halogens is 1. The highest BCUT2D eigenvalue weighted by molar-refractivity contribution is 7.17. The molecule has 0 radical (unpaired) electrons. The van der Waals surface area contributed by atoms with Gasteiger partial charge in [0.05, 0.1) is 23.9 Å². The molecule has 0 atom stereocenters. The molecule has 170 valence electrons. The first-order chi connectivity index (χ1) is 15.8. The fourth-order valence-electron chi connectivity index (χ4n) is 3.41. The Bertz CT molecular complexity index is 1420. The molecule has 0 unspecified atom stereocenters. The average molecular weight is 502 g/mol. The van der Waals surface area contributed by atoms with Crippen molar-refractivity contribution in [3.63, 3.8) is 0 Å². The Labute approximate surface area is 202 Å². The van der Waals surface area contributed by atoms with Gasteiger partial charge < -0.3 is 10.1 Å². The monoisotopic (exact) mass is 501 g/mol. The summed E-state index contributed by atoms with van der Waals surface area (Å²) in [6.07, 6.45) is 1.36. The number of carbonyl (C=O) groups excluding carboxylic acids is 2. The van der Waals surface area contributed by atoms with Crippen molar-refractivity contribution < 1.29 is 14.3 Å². The van der Waals surface area contributed by atoms with Crippen molar-refractivity contribution in [2.24, 2.45) is 0 Å². The van der Waals surface area contributed by atoms with Gasteiger partial charge in [-0.15, -0.1) is 22.7 Å². The molecule has 0 spiro atoms. The van der Waals surface area contributed by atoms with Gasteiger partial charge in [0, 0.05) is 20.8 Å². The molecule has 33 heavy (non-hydrogen) atoms. The van der Waals surface area contributed by atoms with Crippen LogP contribution in [0.4, 0.5) is 5.00 Å². The quantitative estimate of drug-likeness (QED) is 0.363. The van der Waals surface area contributed by atoms with Gasteiger partial charge in [0.25, 0.3) is 5.56 Å². The lowest BCUT2D eigenvalue weighted by molar-refractivity contribution is -0.116. The molecule has 0 saturated heterocycles. The molecule has 1 amide bonds. The van der Waals surface area contributed by atoms with Gasteiger partial charge in [0.2, 0.25) is 5.91 Å². The molecule has 7 nitrogen and oxygen atoms in total. The highest BCUT2D eigenvalue weighted by Gasteiger charge is 2.22. The van der Waals surface area contributed by atoms with Gasteiger partial charge in [-0.2, -0.15) is 0 Å². The second-order valence-corrected chi connectivity index (χ2v) is 9.79. The number of esters is 1. The van der Waals surface area contributed by atoms with Crippen LogP contribution < -0.4 is 10.9 Å². The van der Waals surface area contributed by atoms with Crippen LogP contribution in [0.25, 0.3) is 21.3 Å². The molecule has 0 aliphatic rings. The molecular formula is C23H20ClN3O4S2. The molecule has 1 aromatic carbocycles. The largest absolute Gasteiger partial charge is 0.462 e. The number of fused-ring (bicyclic) bond motifs is 1. The van der Waals surface area contributed by atoms with E-state index in [2.05, 4.69) is 10.3 Å². The number of rotatable bonds is 6. The Balaban J connectivity index is 1.63. The van der Waals surface area contributed by atoms with E-state index in [9.17, 15) is 14.4 Å². The van der Waals surface area contributed by atoms with E-state index in [-0.39, 0.29) is 18.7 Å². The molecule has 1 N–H and O–H groups in total. The second kappa shape index (κ2) is 9.46. The number of hydrogen-bond acceptors (Lipinski definition) is 7. The average Bonchev–Trinajstić information content (AvgIpc) is 3.32. The maximum absolute atomic E-state index is 13.2. The maximum atomic E-state index is 13.2. The van der Waals surface area contributed by atoms with E-state index in [0.717, 1.165) is 21.6 Å².